The van der Waals surface area contributed by atoms with E-state index >= 15 is 0 Å². The Kier molecular flexibility index (Phi) is 6.26. The van der Waals surface area contributed by atoms with Gasteiger partial charge in [-0.2, -0.15) is 0 Å². The van der Waals surface area contributed by atoms with Crippen molar-refractivity contribution >= 4 is 0 Å². The highest BCUT2D eigenvalue weighted by Gasteiger charge is 2.25. The molecule has 2 heteroatoms. The van der Waals surface area contributed by atoms with Gasteiger partial charge in [0, 0.05) is 6.04 Å². The normalized spacial score (nSPS) is 22.8. The average Bonchev–Trinajstić information content (AvgIpc) is 2.66. The van der Waals surface area contributed by atoms with Crippen molar-refractivity contribution in [3.8, 4) is 0 Å². The Morgan fingerprint density at radius 2 is 2.13 bits per heavy atom. The maximum atomic E-state index is 3.48. The molecule has 1 aliphatic heterocycles. The summed E-state index contributed by atoms with van der Waals surface area (Å²) in [6, 6.07) is 0.858. The van der Waals surface area contributed by atoms with E-state index in [4.69, 9.17) is 0 Å². The van der Waals surface area contributed by atoms with Crippen LogP contribution in [0.15, 0.2) is 0 Å². The van der Waals surface area contributed by atoms with Gasteiger partial charge in [-0.1, -0.05) is 20.8 Å². The topological polar surface area (TPSA) is 15.3 Å². The molecule has 1 saturated heterocycles. The fourth-order valence-electron chi connectivity index (χ4n) is 2.59. The molecule has 1 unspecified atom stereocenters. The average molecular weight is 212 g/mol. The molecule has 0 aromatic carbocycles. The Bertz CT molecular complexity index is 157. The number of hydrogen-bond donors (Lipinski definition) is 1. The van der Waals surface area contributed by atoms with Gasteiger partial charge in [0.05, 0.1) is 0 Å². The van der Waals surface area contributed by atoms with Crippen molar-refractivity contribution < 1.29 is 0 Å². The molecule has 1 heterocycles. The molecule has 0 aromatic rings. The predicted octanol–water partition coefficient (Wildman–Crippen LogP) is 2.50. The Labute approximate surface area is 95.4 Å². The first-order chi connectivity index (χ1) is 7.25. The van der Waals surface area contributed by atoms with Crippen molar-refractivity contribution in [2.75, 3.05) is 26.2 Å². The lowest BCUT2D eigenvalue weighted by atomic mass is 10.0. The van der Waals surface area contributed by atoms with Crippen LogP contribution in [0.25, 0.3) is 0 Å². The summed E-state index contributed by atoms with van der Waals surface area (Å²) >= 11 is 0. The highest BCUT2D eigenvalue weighted by atomic mass is 15.2. The van der Waals surface area contributed by atoms with Crippen molar-refractivity contribution in [3.05, 3.63) is 0 Å². The summed E-state index contributed by atoms with van der Waals surface area (Å²) in [4.78, 5) is 2.69. The van der Waals surface area contributed by atoms with Crippen molar-refractivity contribution in [1.29, 1.82) is 0 Å². The zero-order chi connectivity index (χ0) is 11.1. The Morgan fingerprint density at radius 3 is 2.80 bits per heavy atom. The fourth-order valence-corrected chi connectivity index (χ4v) is 2.59. The molecule has 90 valence electrons. The minimum Gasteiger partial charge on any atom is -0.317 e. The van der Waals surface area contributed by atoms with Crippen LogP contribution in [0.5, 0.6) is 0 Å². The fraction of sp³-hybridized carbons (Fsp3) is 1.00. The van der Waals surface area contributed by atoms with Crippen molar-refractivity contribution in [3.63, 3.8) is 0 Å². The first-order valence-electron chi connectivity index (χ1n) is 6.70. The summed E-state index contributed by atoms with van der Waals surface area (Å²) in [5.74, 6) is 0.830. The molecular weight excluding hydrogens is 184 g/mol. The van der Waals surface area contributed by atoms with Gasteiger partial charge in [0.2, 0.25) is 0 Å². The van der Waals surface area contributed by atoms with Gasteiger partial charge in [-0.15, -0.1) is 0 Å². The molecule has 0 amide bonds. The summed E-state index contributed by atoms with van der Waals surface area (Å²) in [5.41, 5.74) is 0. The summed E-state index contributed by atoms with van der Waals surface area (Å²) in [6.07, 6.45) is 5.38. The molecule has 0 aliphatic carbocycles. The Morgan fingerprint density at radius 1 is 1.33 bits per heavy atom. The van der Waals surface area contributed by atoms with Crippen LogP contribution in [-0.2, 0) is 0 Å². The maximum absolute atomic E-state index is 3.48. The van der Waals surface area contributed by atoms with E-state index in [1.54, 1.807) is 0 Å². The molecule has 0 saturated carbocycles. The van der Waals surface area contributed by atoms with Crippen molar-refractivity contribution in [2.45, 2.75) is 52.5 Å². The van der Waals surface area contributed by atoms with Crippen LogP contribution in [-0.4, -0.2) is 37.1 Å². The van der Waals surface area contributed by atoms with Gasteiger partial charge in [0.15, 0.2) is 0 Å². The molecular formula is C13H28N2. The Hall–Kier alpha value is -0.0800. The van der Waals surface area contributed by atoms with Gasteiger partial charge < -0.3 is 10.2 Å². The molecule has 2 nitrogen and oxygen atoms in total. The quantitative estimate of drug-likeness (QED) is 0.652. The van der Waals surface area contributed by atoms with Gasteiger partial charge in [-0.25, -0.2) is 0 Å². The van der Waals surface area contributed by atoms with E-state index in [9.17, 15) is 0 Å². The third kappa shape index (κ3) is 4.52. The highest BCUT2D eigenvalue weighted by molar-refractivity contribution is 4.81. The smallest absolute Gasteiger partial charge is 0.0119 e. The van der Waals surface area contributed by atoms with E-state index in [1.807, 2.05) is 0 Å². The number of rotatable bonds is 7. The van der Waals surface area contributed by atoms with E-state index < -0.39 is 0 Å². The molecule has 1 rings (SSSR count). The Balaban J connectivity index is 2.09. The number of likely N-dealkylation sites (tertiary alicyclic amines) is 1. The zero-order valence-electron chi connectivity index (χ0n) is 10.8. The maximum Gasteiger partial charge on any atom is 0.0119 e. The lowest BCUT2D eigenvalue weighted by molar-refractivity contribution is 0.204. The third-order valence-corrected chi connectivity index (χ3v) is 3.41. The summed E-state index contributed by atoms with van der Waals surface area (Å²) in [5, 5.41) is 3.48. The summed E-state index contributed by atoms with van der Waals surface area (Å²) in [6.45, 7) is 11.9. The SMILES string of the molecule is CCCNCCCN1CCCC1C(C)C. The van der Waals surface area contributed by atoms with Crippen LogP contribution in [0.3, 0.4) is 0 Å². The van der Waals surface area contributed by atoms with Crippen molar-refractivity contribution in [1.82, 2.24) is 10.2 Å². The van der Waals surface area contributed by atoms with Crippen LogP contribution in [0, 0.1) is 5.92 Å². The predicted molar refractivity (Wildman–Crippen MR) is 67.2 cm³/mol. The van der Waals surface area contributed by atoms with E-state index in [0.29, 0.717) is 0 Å². The minimum absolute atomic E-state index is 0.830. The molecule has 0 radical (unpaired) electrons. The lowest BCUT2D eigenvalue weighted by Crippen LogP contribution is -2.35. The van der Waals surface area contributed by atoms with E-state index in [1.165, 1.54) is 51.9 Å². The largest absolute Gasteiger partial charge is 0.317 e. The molecule has 1 aliphatic rings. The van der Waals surface area contributed by atoms with Gasteiger partial charge in [-0.05, 0) is 57.8 Å². The van der Waals surface area contributed by atoms with Crippen LogP contribution in [0.2, 0.25) is 0 Å². The molecule has 15 heavy (non-hydrogen) atoms. The second kappa shape index (κ2) is 7.24. The van der Waals surface area contributed by atoms with Gasteiger partial charge in [0.25, 0.3) is 0 Å². The second-order valence-corrected chi connectivity index (χ2v) is 5.09. The van der Waals surface area contributed by atoms with Crippen molar-refractivity contribution in [2.24, 2.45) is 5.92 Å². The lowest BCUT2D eigenvalue weighted by Gasteiger charge is -2.27. The molecule has 1 fully saturated rings. The first-order valence-corrected chi connectivity index (χ1v) is 6.70. The van der Waals surface area contributed by atoms with Crippen LogP contribution in [0.4, 0.5) is 0 Å². The number of nitrogens with one attached hydrogen (secondary N) is 1. The van der Waals surface area contributed by atoms with E-state index in [-0.39, 0.29) is 0 Å². The molecule has 1 N–H and O–H groups in total. The zero-order valence-corrected chi connectivity index (χ0v) is 10.8. The van der Waals surface area contributed by atoms with Gasteiger partial charge in [-0.3, -0.25) is 0 Å². The minimum atomic E-state index is 0.830. The third-order valence-electron chi connectivity index (χ3n) is 3.41. The molecule has 0 spiro atoms. The summed E-state index contributed by atoms with van der Waals surface area (Å²) in [7, 11) is 0. The van der Waals surface area contributed by atoms with Crippen LogP contribution in [0.1, 0.15) is 46.5 Å². The number of hydrogen-bond acceptors (Lipinski definition) is 2. The van der Waals surface area contributed by atoms with E-state index in [2.05, 4.69) is 31.0 Å². The standard InChI is InChI=1S/C13H28N2/c1-4-8-14-9-6-11-15-10-5-7-13(15)12(2)3/h12-14H,4-11H2,1-3H3. The van der Waals surface area contributed by atoms with E-state index in [0.717, 1.165) is 12.0 Å². The van der Waals surface area contributed by atoms with Crippen LogP contribution >= 0.6 is 0 Å². The highest BCUT2D eigenvalue weighted by Crippen LogP contribution is 2.23. The van der Waals surface area contributed by atoms with Crippen LogP contribution < -0.4 is 5.32 Å². The summed E-state index contributed by atoms with van der Waals surface area (Å²) < 4.78 is 0. The van der Waals surface area contributed by atoms with Gasteiger partial charge >= 0.3 is 0 Å². The molecule has 1 atom stereocenters. The second-order valence-electron chi connectivity index (χ2n) is 5.09. The monoisotopic (exact) mass is 212 g/mol. The van der Waals surface area contributed by atoms with Gasteiger partial charge in [0.1, 0.15) is 0 Å². The molecule has 0 aromatic heterocycles. The molecule has 0 bridgehead atoms. The number of nitrogens with zero attached hydrogens (tertiary/aromatic N) is 1. The first kappa shape index (κ1) is 13.0.